The van der Waals surface area contributed by atoms with Gasteiger partial charge in [0.2, 0.25) is 5.78 Å². The van der Waals surface area contributed by atoms with Crippen molar-refractivity contribution in [1.29, 1.82) is 0 Å². The number of carbonyl (C=O) groups excluding carboxylic acids is 1. The summed E-state index contributed by atoms with van der Waals surface area (Å²) in [6.07, 6.45) is 0.518. The third-order valence-electron chi connectivity index (χ3n) is 5.19. The number of alkyl halides is 1. The Kier molecular flexibility index (Phi) is 5.31. The van der Waals surface area contributed by atoms with E-state index in [1.807, 2.05) is 22.8 Å². The molecule has 0 aliphatic carbocycles. The number of para-hydroxylation sites is 1. The number of ketones is 1. The maximum Gasteiger partial charge on any atom is 0.296 e. The van der Waals surface area contributed by atoms with E-state index in [0.29, 0.717) is 29.1 Å². The van der Waals surface area contributed by atoms with Gasteiger partial charge in [-0.25, -0.2) is 5.14 Å². The van der Waals surface area contributed by atoms with Crippen LogP contribution in [0.2, 0.25) is 0 Å². The highest BCUT2D eigenvalue weighted by molar-refractivity contribution is 7.90. The second kappa shape index (κ2) is 7.79. The van der Waals surface area contributed by atoms with Crippen LogP contribution in [0.1, 0.15) is 45.1 Å². The highest BCUT2D eigenvalue weighted by Crippen LogP contribution is 2.46. The molecule has 1 aromatic heterocycles. The third-order valence-corrected chi connectivity index (χ3v) is 6.07. The monoisotopic (exact) mass is 445 g/mol. The number of hydrogen-bond acceptors (Lipinski definition) is 4. The molecule has 9 heteroatoms. The molecular formula is C21H20ClN3O4S. The number of ether oxygens (including phenoxy) is 1. The molecular weight excluding hydrogens is 426 g/mol. The van der Waals surface area contributed by atoms with E-state index in [2.05, 4.69) is 4.72 Å². The first-order valence-electron chi connectivity index (χ1n) is 9.22. The topological polar surface area (TPSA) is 103 Å². The largest absolute Gasteiger partial charge is 0.497 e. The van der Waals surface area contributed by atoms with Crippen LogP contribution in [-0.4, -0.2) is 25.9 Å². The molecule has 4 rings (SSSR count). The maximum absolute atomic E-state index is 13.1. The van der Waals surface area contributed by atoms with Crippen LogP contribution < -0.4 is 14.6 Å². The predicted molar refractivity (Wildman–Crippen MR) is 115 cm³/mol. The first-order valence-corrected chi connectivity index (χ1v) is 11.2. The van der Waals surface area contributed by atoms with Gasteiger partial charge in [-0.1, -0.05) is 29.8 Å². The van der Waals surface area contributed by atoms with Crippen molar-refractivity contribution in [1.82, 2.24) is 4.57 Å². The van der Waals surface area contributed by atoms with E-state index in [0.717, 1.165) is 11.3 Å². The van der Waals surface area contributed by atoms with E-state index < -0.39 is 15.7 Å². The van der Waals surface area contributed by atoms with Gasteiger partial charge in [0.1, 0.15) is 11.3 Å². The number of methoxy groups -OCH3 is 1. The third kappa shape index (κ3) is 3.81. The average molecular weight is 446 g/mol. The number of fused-ring (bicyclic) bond motifs is 1. The molecule has 1 aliphatic rings. The Morgan fingerprint density at radius 2 is 1.83 bits per heavy atom. The zero-order valence-corrected chi connectivity index (χ0v) is 17.7. The van der Waals surface area contributed by atoms with Crippen molar-refractivity contribution < 1.29 is 17.9 Å². The minimum Gasteiger partial charge on any atom is -0.497 e. The molecule has 1 aliphatic heterocycles. The molecule has 2 atom stereocenters. The Hall–Kier alpha value is -2.81. The molecule has 0 bridgehead atoms. The van der Waals surface area contributed by atoms with E-state index in [9.17, 15) is 13.2 Å². The van der Waals surface area contributed by atoms with Gasteiger partial charge < -0.3 is 9.30 Å². The van der Waals surface area contributed by atoms with Crippen molar-refractivity contribution >= 4 is 33.3 Å². The minimum atomic E-state index is -3.92. The Morgan fingerprint density at radius 1 is 1.13 bits per heavy atom. The Morgan fingerprint density at radius 3 is 2.50 bits per heavy atom. The highest BCUT2D eigenvalue weighted by Gasteiger charge is 2.35. The number of aromatic nitrogens is 1. The molecule has 0 amide bonds. The standard InChI is InChI=1S/C21H20ClN3O4S/c1-29-14-8-6-13(7-9-14)21(26)19-11-10-18-16(12-20(22)25(18)19)15-4-2-3-5-17(15)24-30(23,27)28/h2-11,16,20,24H,12H2,1H3,(H2,23,27,28). The minimum absolute atomic E-state index is 0.147. The summed E-state index contributed by atoms with van der Waals surface area (Å²) in [6.45, 7) is 0. The maximum atomic E-state index is 13.1. The van der Waals surface area contributed by atoms with E-state index in [1.54, 1.807) is 49.6 Å². The van der Waals surface area contributed by atoms with Crippen molar-refractivity contribution in [3.05, 3.63) is 83.2 Å². The van der Waals surface area contributed by atoms with Crippen molar-refractivity contribution in [2.24, 2.45) is 5.14 Å². The lowest BCUT2D eigenvalue weighted by Crippen LogP contribution is -2.22. The van der Waals surface area contributed by atoms with E-state index >= 15 is 0 Å². The Bertz CT molecular complexity index is 1210. The van der Waals surface area contributed by atoms with Crippen LogP contribution >= 0.6 is 11.6 Å². The van der Waals surface area contributed by atoms with Crippen LogP contribution in [0, 0.1) is 0 Å². The second-order valence-electron chi connectivity index (χ2n) is 7.03. The van der Waals surface area contributed by atoms with E-state index in [1.165, 1.54) is 0 Å². The summed E-state index contributed by atoms with van der Waals surface area (Å²) >= 11 is 6.63. The highest BCUT2D eigenvalue weighted by atomic mass is 35.5. The SMILES string of the molecule is COc1ccc(C(=O)c2ccc3n2C(Cl)CC3c2ccccc2NS(N)(=O)=O)cc1. The fraction of sp³-hybridized carbons (Fsp3) is 0.190. The lowest BCUT2D eigenvalue weighted by atomic mass is 9.93. The van der Waals surface area contributed by atoms with Crippen molar-refractivity contribution in [2.45, 2.75) is 17.8 Å². The fourth-order valence-corrected chi connectivity index (χ4v) is 4.78. The molecule has 2 aromatic carbocycles. The normalized spacial score (nSPS) is 18.1. The Labute approximate surface area is 179 Å². The summed E-state index contributed by atoms with van der Waals surface area (Å²) in [5.41, 5.74) is 2.55. The smallest absolute Gasteiger partial charge is 0.296 e. The van der Waals surface area contributed by atoms with E-state index in [-0.39, 0.29) is 11.7 Å². The van der Waals surface area contributed by atoms with Crippen LogP contribution in [-0.2, 0) is 10.2 Å². The number of anilines is 1. The van der Waals surface area contributed by atoms with Crippen molar-refractivity contribution in [3.63, 3.8) is 0 Å². The molecule has 7 nitrogen and oxygen atoms in total. The van der Waals surface area contributed by atoms with Gasteiger partial charge >= 0.3 is 0 Å². The molecule has 3 aromatic rings. The van der Waals surface area contributed by atoms with Gasteiger partial charge in [-0.15, -0.1) is 0 Å². The van der Waals surface area contributed by atoms with Gasteiger partial charge in [0.15, 0.2) is 0 Å². The molecule has 156 valence electrons. The van der Waals surface area contributed by atoms with Gasteiger partial charge in [-0.2, -0.15) is 8.42 Å². The zero-order valence-electron chi connectivity index (χ0n) is 16.1. The molecule has 0 radical (unpaired) electrons. The molecule has 0 spiro atoms. The summed E-state index contributed by atoms with van der Waals surface area (Å²) in [6, 6.07) is 17.5. The molecule has 2 heterocycles. The van der Waals surface area contributed by atoms with Crippen LogP contribution in [0.5, 0.6) is 5.75 Å². The fourth-order valence-electron chi connectivity index (χ4n) is 3.89. The number of rotatable bonds is 6. The number of halogens is 1. The Balaban J connectivity index is 1.72. The lowest BCUT2D eigenvalue weighted by Gasteiger charge is -2.15. The second-order valence-corrected chi connectivity index (χ2v) is 8.83. The summed E-state index contributed by atoms with van der Waals surface area (Å²) in [4.78, 5) is 13.1. The molecule has 30 heavy (non-hydrogen) atoms. The van der Waals surface area contributed by atoms with Gasteiger partial charge in [0, 0.05) is 17.2 Å². The average Bonchev–Trinajstić information content (AvgIpc) is 3.28. The van der Waals surface area contributed by atoms with Gasteiger partial charge in [-0.3, -0.25) is 9.52 Å². The lowest BCUT2D eigenvalue weighted by molar-refractivity contribution is 0.103. The zero-order chi connectivity index (χ0) is 21.5. The molecule has 3 N–H and O–H groups in total. The first-order chi connectivity index (χ1) is 14.3. The van der Waals surface area contributed by atoms with Crippen LogP contribution in [0.15, 0.2) is 60.7 Å². The van der Waals surface area contributed by atoms with Crippen LogP contribution in [0.4, 0.5) is 5.69 Å². The number of nitrogens with one attached hydrogen (secondary N) is 1. The molecule has 0 fully saturated rings. The number of nitrogens with zero attached hydrogens (tertiary/aromatic N) is 1. The number of nitrogens with two attached hydrogens (primary N) is 1. The summed E-state index contributed by atoms with van der Waals surface area (Å²) in [5.74, 6) is 0.336. The van der Waals surface area contributed by atoms with E-state index in [4.69, 9.17) is 21.5 Å². The quantitative estimate of drug-likeness (QED) is 0.446. The molecule has 2 unspecified atom stereocenters. The van der Waals surface area contributed by atoms with Gasteiger partial charge in [0.25, 0.3) is 10.2 Å². The molecule has 0 saturated heterocycles. The van der Waals surface area contributed by atoms with Crippen LogP contribution in [0.3, 0.4) is 0 Å². The number of hydrogen-bond donors (Lipinski definition) is 2. The molecule has 0 saturated carbocycles. The number of carbonyl (C=O) groups is 1. The van der Waals surface area contributed by atoms with Crippen molar-refractivity contribution in [3.8, 4) is 5.75 Å². The first kappa shape index (κ1) is 20.5. The van der Waals surface area contributed by atoms with Crippen LogP contribution in [0.25, 0.3) is 0 Å². The summed E-state index contributed by atoms with van der Waals surface area (Å²) < 4.78 is 32.4. The van der Waals surface area contributed by atoms with Crippen molar-refractivity contribution in [2.75, 3.05) is 11.8 Å². The van der Waals surface area contributed by atoms with Gasteiger partial charge in [-0.05, 0) is 54.4 Å². The van der Waals surface area contributed by atoms with Gasteiger partial charge in [0.05, 0.1) is 18.5 Å². The summed E-state index contributed by atoms with van der Waals surface area (Å²) in [5, 5.41) is 5.16. The number of benzene rings is 2. The summed E-state index contributed by atoms with van der Waals surface area (Å²) in [7, 11) is -2.36. The predicted octanol–water partition coefficient (Wildman–Crippen LogP) is 3.62.